The number of hydrogen-bond acceptors (Lipinski definition) is 2. The van der Waals surface area contributed by atoms with E-state index in [1.807, 2.05) is 0 Å². The maximum Gasteiger partial charge on any atom is 0.261 e. The predicted octanol–water partition coefficient (Wildman–Crippen LogP) is 8.55. The van der Waals surface area contributed by atoms with E-state index >= 15 is 0 Å². The van der Waals surface area contributed by atoms with Crippen LogP contribution >= 0.6 is 0 Å². The molecule has 4 atom stereocenters. The van der Waals surface area contributed by atoms with E-state index in [9.17, 15) is 4.79 Å². The topological polar surface area (TPSA) is 26.3 Å². The SMILES string of the molecule is CC(C)(C)[Si](O[C@H]1C[C@H](c2ccccc2)[C@@]2(Cc3ccccc3)C(=O)C[C@@]12Cc1ccccc1)(c1ccccc1)c1ccccc1. The van der Waals surface area contributed by atoms with Crippen LogP contribution in [0.3, 0.4) is 0 Å². The smallest absolute Gasteiger partial charge is 0.261 e. The molecule has 5 aromatic carbocycles. The fourth-order valence-electron chi connectivity index (χ4n) is 9.14. The van der Waals surface area contributed by atoms with E-state index < -0.39 is 13.7 Å². The molecule has 5 aromatic rings. The number of rotatable bonds is 9. The largest absolute Gasteiger partial charge is 0.404 e. The molecule has 46 heavy (non-hydrogen) atoms. The Kier molecular flexibility index (Phi) is 7.95. The zero-order valence-corrected chi connectivity index (χ0v) is 28.2. The van der Waals surface area contributed by atoms with Crippen molar-refractivity contribution < 1.29 is 9.22 Å². The maximum absolute atomic E-state index is 14.6. The Bertz CT molecular complexity index is 1730. The molecule has 0 unspecified atom stereocenters. The van der Waals surface area contributed by atoms with Crippen molar-refractivity contribution in [2.45, 2.75) is 63.5 Å². The van der Waals surface area contributed by atoms with Crippen LogP contribution in [0.25, 0.3) is 0 Å². The van der Waals surface area contributed by atoms with Crippen LogP contribution in [0.4, 0.5) is 0 Å². The van der Waals surface area contributed by atoms with Gasteiger partial charge in [0.2, 0.25) is 0 Å². The van der Waals surface area contributed by atoms with Crippen LogP contribution in [0.15, 0.2) is 152 Å². The predicted molar refractivity (Wildman–Crippen MR) is 191 cm³/mol. The van der Waals surface area contributed by atoms with Crippen molar-refractivity contribution in [3.63, 3.8) is 0 Å². The van der Waals surface area contributed by atoms with E-state index in [1.54, 1.807) is 0 Å². The highest BCUT2D eigenvalue weighted by molar-refractivity contribution is 6.99. The summed E-state index contributed by atoms with van der Waals surface area (Å²) in [7, 11) is -2.90. The second-order valence-corrected chi connectivity index (χ2v) is 18.8. The molecule has 0 saturated heterocycles. The molecule has 0 aromatic heterocycles. The number of Topliss-reactive ketones (excluding diaryl/α,β-unsaturated/α-hetero) is 1. The first-order valence-corrected chi connectivity index (χ1v) is 18.7. The maximum atomic E-state index is 14.6. The lowest BCUT2D eigenvalue weighted by Crippen LogP contribution is -2.71. The van der Waals surface area contributed by atoms with Gasteiger partial charge in [0.15, 0.2) is 0 Å². The molecule has 2 aliphatic rings. The molecule has 0 radical (unpaired) electrons. The molecule has 7 rings (SSSR count). The Hall–Kier alpha value is -4.05. The van der Waals surface area contributed by atoms with Gasteiger partial charge in [-0.3, -0.25) is 4.79 Å². The summed E-state index contributed by atoms with van der Waals surface area (Å²) in [5, 5.41) is 2.40. The molecule has 3 heteroatoms. The first kappa shape index (κ1) is 30.6. The normalized spacial score (nSPS) is 24.3. The second kappa shape index (κ2) is 11.9. The van der Waals surface area contributed by atoms with Crippen LogP contribution in [0.1, 0.15) is 56.2 Å². The van der Waals surface area contributed by atoms with Crippen molar-refractivity contribution in [1.82, 2.24) is 0 Å². The minimum Gasteiger partial charge on any atom is -0.404 e. The van der Waals surface area contributed by atoms with Gasteiger partial charge < -0.3 is 4.43 Å². The highest BCUT2D eigenvalue weighted by Crippen LogP contribution is 2.73. The Morgan fingerprint density at radius 1 is 0.630 bits per heavy atom. The number of benzene rings is 5. The molecule has 2 nitrogen and oxygen atoms in total. The Morgan fingerprint density at radius 3 is 1.52 bits per heavy atom. The van der Waals surface area contributed by atoms with Crippen LogP contribution in [-0.4, -0.2) is 20.2 Å². The van der Waals surface area contributed by atoms with Gasteiger partial charge >= 0.3 is 0 Å². The standard InChI is InChI=1S/C43H44O2Si/c1-41(2,3)46(36-25-15-7-16-26-36,37-27-17-8-18-28-37)45-40-29-38(35-23-13-6-14-24-35)43(31-34-21-11-5-12-22-34)39(44)32-42(40,43)30-33-19-9-4-10-20-33/h4-28,38,40H,29-32H2,1-3H3/t38-,40+,42+,43+/m1/s1. The van der Waals surface area contributed by atoms with Crippen molar-refractivity contribution in [3.05, 3.63) is 168 Å². The highest BCUT2D eigenvalue weighted by Gasteiger charge is 2.76. The lowest BCUT2D eigenvalue weighted by Gasteiger charge is -2.59. The molecule has 2 fully saturated rings. The lowest BCUT2D eigenvalue weighted by atomic mass is 9.43. The monoisotopic (exact) mass is 620 g/mol. The zero-order valence-electron chi connectivity index (χ0n) is 27.2. The Morgan fingerprint density at radius 2 is 1.07 bits per heavy atom. The first-order chi connectivity index (χ1) is 22.3. The summed E-state index contributed by atoms with van der Waals surface area (Å²) in [4.78, 5) is 14.6. The Labute approximate surface area is 275 Å². The van der Waals surface area contributed by atoms with Gasteiger partial charge in [-0.1, -0.05) is 172 Å². The molecule has 232 valence electrons. The van der Waals surface area contributed by atoms with Crippen LogP contribution in [-0.2, 0) is 22.1 Å². The molecular formula is C43H44O2Si. The second-order valence-electron chi connectivity index (χ2n) is 14.5. The zero-order chi connectivity index (χ0) is 31.8. The lowest BCUT2D eigenvalue weighted by molar-refractivity contribution is -0.167. The van der Waals surface area contributed by atoms with E-state index in [1.165, 1.54) is 27.1 Å². The number of hydrogen-bond donors (Lipinski definition) is 0. The van der Waals surface area contributed by atoms with E-state index in [0.717, 1.165) is 19.3 Å². The van der Waals surface area contributed by atoms with E-state index in [-0.39, 0.29) is 22.5 Å². The van der Waals surface area contributed by atoms with Gasteiger partial charge in [0.1, 0.15) is 5.78 Å². The molecular weight excluding hydrogens is 577 g/mol. The summed E-state index contributed by atoms with van der Waals surface area (Å²) < 4.78 is 8.09. The van der Waals surface area contributed by atoms with Gasteiger partial charge in [-0.2, -0.15) is 0 Å². The van der Waals surface area contributed by atoms with E-state index in [2.05, 4.69) is 172 Å². The van der Waals surface area contributed by atoms with Crippen molar-refractivity contribution in [2.75, 3.05) is 0 Å². The van der Waals surface area contributed by atoms with Gasteiger partial charge in [0.05, 0.1) is 6.10 Å². The molecule has 2 aliphatic carbocycles. The van der Waals surface area contributed by atoms with Crippen molar-refractivity contribution >= 4 is 24.5 Å². The minimum absolute atomic E-state index is 0.0575. The number of carbonyl (C=O) groups excluding carboxylic acids is 1. The number of ketones is 1. The van der Waals surface area contributed by atoms with Crippen molar-refractivity contribution in [3.8, 4) is 0 Å². The molecule has 0 aliphatic heterocycles. The molecule has 2 saturated carbocycles. The Balaban J connectivity index is 1.47. The van der Waals surface area contributed by atoms with Crippen LogP contribution in [0.5, 0.6) is 0 Å². The minimum atomic E-state index is -2.90. The van der Waals surface area contributed by atoms with Gasteiger partial charge in [0.25, 0.3) is 8.32 Å². The average molecular weight is 621 g/mol. The molecule has 0 N–H and O–H groups in total. The van der Waals surface area contributed by atoms with E-state index in [0.29, 0.717) is 12.2 Å². The summed E-state index contributed by atoms with van der Waals surface area (Å²) in [5.41, 5.74) is 2.82. The average Bonchev–Trinajstić information content (AvgIpc) is 3.28. The summed E-state index contributed by atoms with van der Waals surface area (Å²) in [5.74, 6) is 0.441. The number of carbonyl (C=O) groups is 1. The summed E-state index contributed by atoms with van der Waals surface area (Å²) in [6, 6.07) is 54.3. The molecule has 0 heterocycles. The van der Waals surface area contributed by atoms with Gasteiger partial charge in [-0.25, -0.2) is 0 Å². The third-order valence-electron chi connectivity index (χ3n) is 11.1. The summed E-state index contributed by atoms with van der Waals surface area (Å²) in [6.45, 7) is 7.07. The third-order valence-corrected chi connectivity index (χ3v) is 16.2. The van der Waals surface area contributed by atoms with Crippen molar-refractivity contribution in [2.24, 2.45) is 10.8 Å². The van der Waals surface area contributed by atoms with Gasteiger partial charge in [-0.05, 0) is 57.3 Å². The quantitative estimate of drug-likeness (QED) is 0.154. The summed E-state index contributed by atoms with van der Waals surface area (Å²) >= 11 is 0. The van der Waals surface area contributed by atoms with E-state index in [4.69, 9.17) is 4.43 Å². The van der Waals surface area contributed by atoms with Crippen LogP contribution in [0.2, 0.25) is 5.04 Å². The van der Waals surface area contributed by atoms with Gasteiger partial charge in [0, 0.05) is 17.3 Å². The third kappa shape index (κ3) is 4.84. The number of fused-ring (bicyclic) bond motifs is 1. The molecule has 0 bridgehead atoms. The molecule has 0 amide bonds. The first-order valence-electron chi connectivity index (χ1n) is 16.8. The fraction of sp³-hybridized carbons (Fsp3) is 0.279. The fourth-order valence-corrected chi connectivity index (χ4v) is 13.9. The highest BCUT2D eigenvalue weighted by atomic mass is 28.4. The van der Waals surface area contributed by atoms with Gasteiger partial charge in [-0.15, -0.1) is 0 Å². The van der Waals surface area contributed by atoms with Crippen LogP contribution in [0, 0.1) is 10.8 Å². The van der Waals surface area contributed by atoms with Crippen molar-refractivity contribution in [1.29, 1.82) is 0 Å². The summed E-state index contributed by atoms with van der Waals surface area (Å²) in [6.07, 6.45) is 2.80. The molecule has 0 spiro atoms. The van der Waals surface area contributed by atoms with Crippen LogP contribution < -0.4 is 10.4 Å².